The number of anilines is 1. The topological polar surface area (TPSA) is 78.9 Å². The Balaban J connectivity index is 2.83. The molecule has 0 saturated heterocycles. The Morgan fingerprint density at radius 1 is 1.38 bits per heavy atom. The molecule has 1 rings (SSSR count). The van der Waals surface area contributed by atoms with Crippen molar-refractivity contribution >= 4 is 17.7 Å². The number of nitrogens with one attached hydrogen (secondary N) is 1. The van der Waals surface area contributed by atoms with Gasteiger partial charge in [0.25, 0.3) is 0 Å². The van der Waals surface area contributed by atoms with Crippen molar-refractivity contribution in [2.45, 2.75) is 20.8 Å². The van der Waals surface area contributed by atoms with E-state index in [1.165, 1.54) is 4.90 Å². The number of carboxylic acids is 1. The van der Waals surface area contributed by atoms with Crippen LogP contribution in [-0.4, -0.2) is 42.2 Å². The summed E-state index contributed by atoms with van der Waals surface area (Å²) in [6.45, 7) is 5.77. The van der Waals surface area contributed by atoms with E-state index in [2.05, 4.69) is 5.32 Å². The highest BCUT2D eigenvalue weighted by Gasteiger charge is 2.18. The van der Waals surface area contributed by atoms with Gasteiger partial charge >= 0.3 is 12.0 Å². The van der Waals surface area contributed by atoms with Gasteiger partial charge in [0.2, 0.25) is 0 Å². The molecule has 2 N–H and O–H groups in total. The lowest BCUT2D eigenvalue weighted by Crippen LogP contribution is -2.41. The molecule has 0 atom stereocenters. The van der Waals surface area contributed by atoms with Crippen LogP contribution < -0.4 is 10.1 Å². The molecule has 0 heterocycles. The number of amides is 2. The average Bonchev–Trinajstić information content (AvgIpc) is 2.39. The van der Waals surface area contributed by atoms with E-state index < -0.39 is 12.0 Å². The predicted molar refractivity (Wildman–Crippen MR) is 80.8 cm³/mol. The van der Waals surface area contributed by atoms with Crippen LogP contribution in [0.3, 0.4) is 0 Å². The van der Waals surface area contributed by atoms with Crippen LogP contribution in [0.1, 0.15) is 19.4 Å². The van der Waals surface area contributed by atoms with Crippen molar-refractivity contribution in [3.8, 4) is 5.75 Å². The van der Waals surface area contributed by atoms with Gasteiger partial charge in [-0.25, -0.2) is 4.79 Å². The number of carboxylic acid groups (broad SMARTS) is 1. The minimum Gasteiger partial charge on any atom is -0.497 e. The smallest absolute Gasteiger partial charge is 0.323 e. The van der Waals surface area contributed by atoms with E-state index in [1.54, 1.807) is 25.3 Å². The van der Waals surface area contributed by atoms with Crippen LogP contribution in [0, 0.1) is 12.8 Å². The Bertz CT molecular complexity index is 514. The van der Waals surface area contributed by atoms with E-state index in [9.17, 15) is 9.59 Å². The van der Waals surface area contributed by atoms with Crippen LogP contribution in [0.25, 0.3) is 0 Å². The fourth-order valence-electron chi connectivity index (χ4n) is 1.92. The number of benzene rings is 1. The predicted octanol–water partition coefficient (Wildman–Crippen LogP) is 2.58. The van der Waals surface area contributed by atoms with Gasteiger partial charge in [-0.15, -0.1) is 0 Å². The summed E-state index contributed by atoms with van der Waals surface area (Å²) in [7, 11) is 1.57. The van der Waals surface area contributed by atoms with Crippen molar-refractivity contribution in [1.82, 2.24) is 4.90 Å². The maximum Gasteiger partial charge on any atom is 0.323 e. The zero-order chi connectivity index (χ0) is 16.0. The molecule has 0 radical (unpaired) electrons. The van der Waals surface area contributed by atoms with Gasteiger partial charge in [-0.2, -0.15) is 0 Å². The van der Waals surface area contributed by atoms with Gasteiger partial charge in [0.15, 0.2) is 0 Å². The van der Waals surface area contributed by atoms with E-state index in [-0.39, 0.29) is 12.5 Å². The Morgan fingerprint density at radius 3 is 2.52 bits per heavy atom. The van der Waals surface area contributed by atoms with Gasteiger partial charge in [-0.3, -0.25) is 4.79 Å². The molecule has 1 aromatic carbocycles. The van der Waals surface area contributed by atoms with Crippen LogP contribution in [-0.2, 0) is 4.79 Å². The standard InChI is InChI=1S/C15H22N2O4/c1-10(2)8-17(9-14(18)19)15(20)16-13-6-5-12(21-4)7-11(13)3/h5-7,10H,8-9H2,1-4H3,(H,16,20)(H,18,19). The van der Waals surface area contributed by atoms with Crippen molar-refractivity contribution in [1.29, 1.82) is 0 Å². The van der Waals surface area contributed by atoms with Gasteiger partial charge in [0.05, 0.1) is 7.11 Å². The minimum atomic E-state index is -1.03. The lowest BCUT2D eigenvalue weighted by Gasteiger charge is -2.23. The van der Waals surface area contributed by atoms with E-state index in [1.807, 2.05) is 20.8 Å². The first kappa shape index (κ1) is 16.8. The Kier molecular flexibility index (Phi) is 6.02. The van der Waals surface area contributed by atoms with Crippen LogP contribution in [0.2, 0.25) is 0 Å². The zero-order valence-corrected chi connectivity index (χ0v) is 12.8. The highest BCUT2D eigenvalue weighted by Crippen LogP contribution is 2.21. The van der Waals surface area contributed by atoms with Crippen molar-refractivity contribution in [2.24, 2.45) is 5.92 Å². The summed E-state index contributed by atoms with van der Waals surface area (Å²) in [5.74, 6) is -0.139. The molecule has 21 heavy (non-hydrogen) atoms. The van der Waals surface area contributed by atoms with Crippen molar-refractivity contribution < 1.29 is 19.4 Å². The van der Waals surface area contributed by atoms with E-state index >= 15 is 0 Å². The molecule has 1 aromatic rings. The molecule has 0 saturated carbocycles. The number of carbonyl (C=O) groups excluding carboxylic acids is 1. The number of hydrogen-bond donors (Lipinski definition) is 2. The average molecular weight is 294 g/mol. The van der Waals surface area contributed by atoms with Crippen LogP contribution in [0.15, 0.2) is 18.2 Å². The molecule has 0 spiro atoms. The second-order valence-electron chi connectivity index (χ2n) is 5.28. The fourth-order valence-corrected chi connectivity index (χ4v) is 1.92. The molecule has 0 fully saturated rings. The first-order chi connectivity index (χ1) is 9.83. The van der Waals surface area contributed by atoms with E-state index in [0.29, 0.717) is 18.0 Å². The highest BCUT2D eigenvalue weighted by atomic mass is 16.5. The second-order valence-corrected chi connectivity index (χ2v) is 5.28. The minimum absolute atomic E-state index is 0.187. The monoisotopic (exact) mass is 294 g/mol. The molecule has 6 heteroatoms. The SMILES string of the molecule is COc1ccc(NC(=O)N(CC(=O)O)CC(C)C)c(C)c1. The quantitative estimate of drug-likeness (QED) is 0.845. The number of methoxy groups -OCH3 is 1. The zero-order valence-electron chi connectivity index (χ0n) is 12.8. The van der Waals surface area contributed by atoms with Gasteiger partial charge in [-0.05, 0) is 36.6 Å². The van der Waals surface area contributed by atoms with Crippen molar-refractivity contribution in [3.05, 3.63) is 23.8 Å². The molecular formula is C15H22N2O4. The lowest BCUT2D eigenvalue weighted by molar-refractivity contribution is -0.137. The highest BCUT2D eigenvalue weighted by molar-refractivity contribution is 5.92. The third kappa shape index (κ3) is 5.33. The third-order valence-corrected chi connectivity index (χ3v) is 2.87. The summed E-state index contributed by atoms with van der Waals surface area (Å²) in [5.41, 5.74) is 1.49. The largest absolute Gasteiger partial charge is 0.497 e. The molecular weight excluding hydrogens is 272 g/mol. The first-order valence-electron chi connectivity index (χ1n) is 6.75. The fraction of sp³-hybridized carbons (Fsp3) is 0.467. The molecule has 0 aromatic heterocycles. The second kappa shape index (κ2) is 7.52. The van der Waals surface area contributed by atoms with Gasteiger partial charge < -0.3 is 20.1 Å². The van der Waals surface area contributed by atoms with E-state index in [0.717, 1.165) is 5.56 Å². The number of rotatable bonds is 6. The normalized spacial score (nSPS) is 10.3. The molecule has 0 bridgehead atoms. The number of hydrogen-bond acceptors (Lipinski definition) is 3. The van der Waals surface area contributed by atoms with Crippen LogP contribution in [0.5, 0.6) is 5.75 Å². The lowest BCUT2D eigenvalue weighted by atomic mass is 10.2. The van der Waals surface area contributed by atoms with Crippen LogP contribution in [0.4, 0.5) is 10.5 Å². The van der Waals surface area contributed by atoms with Gasteiger partial charge in [-0.1, -0.05) is 13.8 Å². The van der Waals surface area contributed by atoms with Crippen LogP contribution >= 0.6 is 0 Å². The number of aryl methyl sites for hydroxylation is 1. The maximum absolute atomic E-state index is 12.2. The Morgan fingerprint density at radius 2 is 2.05 bits per heavy atom. The summed E-state index contributed by atoms with van der Waals surface area (Å²) in [5, 5.41) is 11.6. The molecule has 0 aliphatic heterocycles. The Labute approximate surface area is 124 Å². The number of aliphatic carboxylic acids is 1. The van der Waals surface area contributed by atoms with E-state index in [4.69, 9.17) is 9.84 Å². The number of carbonyl (C=O) groups is 2. The number of nitrogens with zero attached hydrogens (tertiary/aromatic N) is 1. The van der Waals surface area contributed by atoms with Gasteiger partial charge in [0, 0.05) is 12.2 Å². The summed E-state index contributed by atoms with van der Waals surface area (Å²) in [4.78, 5) is 24.4. The molecule has 0 unspecified atom stereocenters. The summed E-state index contributed by atoms with van der Waals surface area (Å²) < 4.78 is 5.11. The number of ether oxygens (including phenoxy) is 1. The molecule has 0 aliphatic carbocycles. The first-order valence-corrected chi connectivity index (χ1v) is 6.75. The summed E-state index contributed by atoms with van der Waals surface area (Å²) in [6.07, 6.45) is 0. The third-order valence-electron chi connectivity index (χ3n) is 2.87. The summed E-state index contributed by atoms with van der Waals surface area (Å²) >= 11 is 0. The summed E-state index contributed by atoms with van der Waals surface area (Å²) in [6, 6.07) is 4.87. The molecule has 2 amide bonds. The van der Waals surface area contributed by atoms with Crippen molar-refractivity contribution in [2.75, 3.05) is 25.5 Å². The van der Waals surface area contributed by atoms with Gasteiger partial charge in [0.1, 0.15) is 12.3 Å². The maximum atomic E-state index is 12.2. The molecule has 6 nitrogen and oxygen atoms in total. The number of urea groups is 1. The van der Waals surface area contributed by atoms with Crippen molar-refractivity contribution in [3.63, 3.8) is 0 Å². The molecule has 116 valence electrons. The molecule has 0 aliphatic rings. The Hall–Kier alpha value is -2.24.